The van der Waals surface area contributed by atoms with E-state index in [1.165, 1.54) is 17.0 Å². The van der Waals surface area contributed by atoms with Gasteiger partial charge in [-0.15, -0.1) is 0 Å². The van der Waals surface area contributed by atoms with E-state index in [0.717, 1.165) is 9.95 Å². The van der Waals surface area contributed by atoms with Gasteiger partial charge in [0.2, 0.25) is 5.82 Å². The molecule has 2 unspecified atom stereocenters. The highest BCUT2D eigenvalue weighted by molar-refractivity contribution is 6.62. The predicted molar refractivity (Wildman–Crippen MR) is 94.3 cm³/mol. The van der Waals surface area contributed by atoms with E-state index < -0.39 is 0 Å². The first kappa shape index (κ1) is 15.4. The molecule has 2 saturated heterocycles. The van der Waals surface area contributed by atoms with Crippen molar-refractivity contribution in [2.75, 3.05) is 0 Å². The highest BCUT2D eigenvalue weighted by atomic mass is 16.7. The second kappa shape index (κ2) is 4.27. The number of allylic oxidation sites excluding steroid dienone is 1. The molecule has 3 aliphatic rings. The lowest BCUT2D eigenvalue weighted by Crippen LogP contribution is -2.41. The molecule has 3 atom stereocenters. The summed E-state index contributed by atoms with van der Waals surface area (Å²) in [7, 11) is -0.344. The molecule has 122 valence electrons. The maximum absolute atomic E-state index is 6.17. The second-order valence-electron chi connectivity index (χ2n) is 8.36. The fraction of sp³-hybridized carbons (Fsp3) is 0.611. The third-order valence-corrected chi connectivity index (χ3v) is 6.57. The first-order valence-electron chi connectivity index (χ1n) is 8.54. The number of hydrogen-bond acceptors (Lipinski definition) is 3. The Bertz CT molecular complexity index is 702. The van der Waals surface area contributed by atoms with Crippen LogP contribution in [0.4, 0.5) is 5.82 Å². The fourth-order valence-corrected chi connectivity index (χ4v) is 3.97. The minimum Gasteiger partial charge on any atom is -0.399 e. The lowest BCUT2D eigenvalue weighted by molar-refractivity contribution is 0.00578. The minimum absolute atomic E-state index is 0.321. The van der Waals surface area contributed by atoms with Crippen LogP contribution >= 0.6 is 0 Å². The minimum atomic E-state index is -0.344. The largest absolute Gasteiger partial charge is 0.496 e. The van der Waals surface area contributed by atoms with Crippen molar-refractivity contribution in [1.82, 2.24) is 9.47 Å². The van der Waals surface area contributed by atoms with Gasteiger partial charge in [-0.1, -0.05) is 0 Å². The third-order valence-electron chi connectivity index (χ3n) is 6.57. The molecule has 0 bridgehead atoms. The van der Waals surface area contributed by atoms with E-state index in [1.54, 1.807) is 0 Å². The Kier molecular flexibility index (Phi) is 2.85. The number of pyridine rings is 1. The van der Waals surface area contributed by atoms with Gasteiger partial charge in [-0.3, -0.25) is 0 Å². The van der Waals surface area contributed by atoms with Crippen LogP contribution in [0.1, 0.15) is 54.0 Å². The summed E-state index contributed by atoms with van der Waals surface area (Å²) in [5.74, 6) is 1.18. The average molecular weight is 313 g/mol. The Morgan fingerprint density at radius 3 is 2.17 bits per heavy atom. The molecule has 1 spiro atoms. The zero-order valence-electron chi connectivity index (χ0n) is 15.2. The molecule has 0 aliphatic carbocycles. The van der Waals surface area contributed by atoms with Crippen LogP contribution in [0.25, 0.3) is 5.57 Å². The van der Waals surface area contributed by atoms with Crippen molar-refractivity contribution >= 4 is 24.0 Å². The maximum Gasteiger partial charge on any atom is 0.496 e. The van der Waals surface area contributed by atoms with Crippen molar-refractivity contribution in [1.29, 1.82) is 0 Å². The molecular weight excluding hydrogens is 287 g/mol. The summed E-state index contributed by atoms with van der Waals surface area (Å²) in [4.78, 5) is 4.83. The van der Waals surface area contributed by atoms with Gasteiger partial charge >= 0.3 is 7.12 Å². The van der Waals surface area contributed by atoms with Crippen LogP contribution in [0.5, 0.6) is 0 Å². The van der Waals surface area contributed by atoms with Crippen LogP contribution in [0.15, 0.2) is 18.5 Å². The Morgan fingerprint density at radius 1 is 1.09 bits per heavy atom. The van der Waals surface area contributed by atoms with Crippen LogP contribution in [0.3, 0.4) is 0 Å². The van der Waals surface area contributed by atoms with Gasteiger partial charge in [-0.25, -0.2) is 9.47 Å². The topological polar surface area (TPSA) is 31.4 Å². The summed E-state index contributed by atoms with van der Waals surface area (Å²) >= 11 is 0. The Labute approximate surface area is 139 Å². The molecule has 4 nitrogen and oxygen atoms in total. The van der Waals surface area contributed by atoms with E-state index in [-0.39, 0.29) is 18.3 Å². The van der Waals surface area contributed by atoms with Crippen LogP contribution < -0.4 is 9.95 Å². The van der Waals surface area contributed by atoms with E-state index in [9.17, 15) is 0 Å². The van der Waals surface area contributed by atoms with Crippen molar-refractivity contribution in [2.24, 2.45) is 0 Å². The third kappa shape index (κ3) is 1.81. The van der Waals surface area contributed by atoms with Gasteiger partial charge in [-0.05, 0) is 54.5 Å². The molecule has 0 saturated carbocycles. The second-order valence-corrected chi connectivity index (χ2v) is 8.36. The number of aromatic nitrogens is 1. The van der Waals surface area contributed by atoms with E-state index in [4.69, 9.17) is 14.3 Å². The van der Waals surface area contributed by atoms with Crippen molar-refractivity contribution in [3.8, 4) is 0 Å². The van der Waals surface area contributed by atoms with Crippen molar-refractivity contribution in [3.05, 3.63) is 24.0 Å². The SMILES string of the molecule is CC1=C[N+]2(c3ncc(B4OC(C)(C)C(C)(C)O4)cc31)C(C)[C@@H]2C. The van der Waals surface area contributed by atoms with Crippen molar-refractivity contribution in [3.63, 3.8) is 0 Å². The molecule has 1 aromatic rings. The number of rotatable bonds is 1. The molecule has 0 amide bonds. The molecule has 0 radical (unpaired) electrons. The summed E-state index contributed by atoms with van der Waals surface area (Å²) in [6.07, 6.45) is 4.30. The molecule has 4 rings (SSSR count). The van der Waals surface area contributed by atoms with Gasteiger partial charge in [0.15, 0.2) is 0 Å². The van der Waals surface area contributed by atoms with E-state index in [2.05, 4.69) is 60.7 Å². The standard InChI is InChI=1S/C18H26BN2O2/c1-11-10-21(12(2)13(21)3)16-15(11)8-14(9-20-16)19-22-17(4,5)18(6,7)23-19/h8-10,12-13H,1-7H3/q+1/t12-,13?,21?/m0/s1. The van der Waals surface area contributed by atoms with Gasteiger partial charge in [0.05, 0.1) is 16.8 Å². The highest BCUT2D eigenvalue weighted by Gasteiger charge is 2.65. The quantitative estimate of drug-likeness (QED) is 0.454. The lowest BCUT2D eigenvalue weighted by Gasteiger charge is -2.32. The van der Waals surface area contributed by atoms with Gasteiger partial charge in [0, 0.05) is 17.2 Å². The molecule has 0 aromatic carbocycles. The molecule has 1 aromatic heterocycles. The molecular formula is C18H26BN2O2+. The average Bonchev–Trinajstić information content (AvgIpc) is 2.77. The van der Waals surface area contributed by atoms with Crippen LogP contribution in [-0.2, 0) is 9.31 Å². The van der Waals surface area contributed by atoms with Crippen LogP contribution in [0.2, 0.25) is 0 Å². The maximum atomic E-state index is 6.17. The molecule has 0 N–H and O–H groups in total. The lowest BCUT2D eigenvalue weighted by atomic mass is 9.79. The number of hydrogen-bond donors (Lipinski definition) is 0. The Hall–Kier alpha value is -1.17. The zero-order valence-corrected chi connectivity index (χ0v) is 15.2. The van der Waals surface area contributed by atoms with E-state index >= 15 is 0 Å². The summed E-state index contributed by atoms with van der Waals surface area (Å²) < 4.78 is 13.2. The van der Waals surface area contributed by atoms with Gasteiger partial charge in [0.1, 0.15) is 18.3 Å². The van der Waals surface area contributed by atoms with E-state index in [1.807, 2.05) is 6.20 Å². The molecule has 2 fully saturated rings. The van der Waals surface area contributed by atoms with Gasteiger partial charge in [-0.2, -0.15) is 0 Å². The monoisotopic (exact) mass is 313 g/mol. The first-order chi connectivity index (χ1) is 10.6. The zero-order chi connectivity index (χ0) is 16.8. The molecule has 4 heterocycles. The van der Waals surface area contributed by atoms with Crippen molar-refractivity contribution < 1.29 is 9.31 Å². The van der Waals surface area contributed by atoms with Gasteiger partial charge in [0.25, 0.3) is 0 Å². The predicted octanol–water partition coefficient (Wildman–Crippen LogP) is 2.85. The van der Waals surface area contributed by atoms with Crippen molar-refractivity contribution in [2.45, 2.75) is 71.8 Å². The smallest absolute Gasteiger partial charge is 0.399 e. The summed E-state index contributed by atoms with van der Waals surface area (Å²) in [6, 6.07) is 3.43. The van der Waals surface area contributed by atoms with E-state index in [0.29, 0.717) is 12.1 Å². The fourth-order valence-electron chi connectivity index (χ4n) is 3.97. The number of quaternary nitrogens is 1. The number of nitrogens with zero attached hydrogens (tertiary/aromatic N) is 2. The van der Waals surface area contributed by atoms with Crippen LogP contribution in [0, 0.1) is 0 Å². The summed E-state index contributed by atoms with van der Waals surface area (Å²) in [5.41, 5.74) is 2.92. The Balaban J connectivity index is 1.71. The van der Waals surface area contributed by atoms with Crippen LogP contribution in [-0.4, -0.2) is 35.4 Å². The number of fused-ring (bicyclic) bond motifs is 2. The summed E-state index contributed by atoms with van der Waals surface area (Å²) in [6.45, 7) is 15.1. The highest BCUT2D eigenvalue weighted by Crippen LogP contribution is 2.52. The molecule has 3 aliphatic heterocycles. The first-order valence-corrected chi connectivity index (χ1v) is 8.54. The molecule has 5 heteroatoms. The van der Waals surface area contributed by atoms with Gasteiger partial charge < -0.3 is 9.31 Å². The normalized spacial score (nSPS) is 36.3. The molecule has 23 heavy (non-hydrogen) atoms. The Morgan fingerprint density at radius 2 is 1.65 bits per heavy atom. The summed E-state index contributed by atoms with van der Waals surface area (Å²) in [5, 5.41) is 0.